The number of nitrogens with one attached hydrogen (secondary N) is 1. The Labute approximate surface area is 493 Å². The molecule has 0 saturated carbocycles. The van der Waals surface area contributed by atoms with Crippen molar-refractivity contribution in [3.05, 3.63) is 12.2 Å². The van der Waals surface area contributed by atoms with Gasteiger partial charge >= 0.3 is 5.97 Å². The zero-order chi connectivity index (χ0) is 58.0. The fourth-order valence-corrected chi connectivity index (χ4v) is 11.4. The number of ether oxygens (including phenoxy) is 3. The zero-order valence-corrected chi connectivity index (χ0v) is 52.6. The Morgan fingerprint density at radius 2 is 0.787 bits per heavy atom. The molecule has 0 aliphatic carbocycles. The van der Waals surface area contributed by atoms with Crippen molar-refractivity contribution in [2.75, 3.05) is 19.8 Å². The third-order valence-corrected chi connectivity index (χ3v) is 16.9. The minimum Gasteiger partial charge on any atom is -0.466 e. The van der Waals surface area contributed by atoms with E-state index in [-0.39, 0.29) is 18.5 Å². The normalized spacial score (nSPS) is 18.3. The molecule has 1 heterocycles. The molecule has 0 bridgehead atoms. The topological polar surface area (TPSA) is 175 Å². The summed E-state index contributed by atoms with van der Waals surface area (Å²) in [7, 11) is 0. The fourth-order valence-electron chi connectivity index (χ4n) is 11.4. The van der Waals surface area contributed by atoms with Gasteiger partial charge < -0.3 is 45.1 Å². The van der Waals surface area contributed by atoms with Gasteiger partial charge in [0, 0.05) is 12.8 Å². The average molecular weight is 1140 g/mol. The summed E-state index contributed by atoms with van der Waals surface area (Å²) in [5.41, 5.74) is 0. The van der Waals surface area contributed by atoms with Crippen molar-refractivity contribution < 1.29 is 49.3 Å². The summed E-state index contributed by atoms with van der Waals surface area (Å²) < 4.78 is 16.7. The quantitative estimate of drug-likeness (QED) is 0.0195. The molecule has 0 aromatic carbocycles. The van der Waals surface area contributed by atoms with Gasteiger partial charge in [-0.25, -0.2) is 0 Å². The van der Waals surface area contributed by atoms with Crippen molar-refractivity contribution in [1.82, 2.24) is 5.32 Å². The van der Waals surface area contributed by atoms with Gasteiger partial charge in [0.05, 0.1) is 32.0 Å². The molecule has 0 aromatic heterocycles. The standard InChI is InChI=1S/C69H133NO10/c1-3-5-7-9-11-13-14-15-16-31-34-37-41-45-49-53-57-65(74)78-58-54-50-46-42-38-35-32-29-27-25-23-21-19-17-18-20-22-24-26-28-30-33-36-40-44-48-52-56-64(73)70-61(62(72)55-51-47-43-39-12-10-8-6-4-2)60-79-69-68(77)67(76)66(75)63(59-71)80-69/h51,55,61-63,66-69,71-72,75-77H,3-50,52-54,56-60H2,1-2H3,(H,70,73)/b55-51+. The number of amides is 1. The molecule has 11 nitrogen and oxygen atoms in total. The molecule has 474 valence electrons. The zero-order valence-electron chi connectivity index (χ0n) is 52.6. The number of rotatable bonds is 62. The van der Waals surface area contributed by atoms with Crippen molar-refractivity contribution >= 4 is 11.9 Å². The third-order valence-electron chi connectivity index (χ3n) is 16.9. The van der Waals surface area contributed by atoms with Gasteiger partial charge in [-0.1, -0.05) is 321 Å². The molecule has 6 N–H and O–H groups in total. The fraction of sp³-hybridized carbons (Fsp3) is 0.942. The van der Waals surface area contributed by atoms with Gasteiger partial charge in [0.2, 0.25) is 5.91 Å². The molecule has 0 radical (unpaired) electrons. The molecule has 1 rings (SSSR count). The summed E-state index contributed by atoms with van der Waals surface area (Å²) in [6.07, 6.45) is 62.2. The summed E-state index contributed by atoms with van der Waals surface area (Å²) in [5.74, 6) is -0.166. The molecule has 80 heavy (non-hydrogen) atoms. The van der Waals surface area contributed by atoms with E-state index < -0.39 is 49.5 Å². The van der Waals surface area contributed by atoms with Crippen molar-refractivity contribution in [3.63, 3.8) is 0 Å². The molecule has 1 aliphatic rings. The molecule has 1 aliphatic heterocycles. The monoisotopic (exact) mass is 1140 g/mol. The molecule has 11 heteroatoms. The highest BCUT2D eigenvalue weighted by molar-refractivity contribution is 5.76. The van der Waals surface area contributed by atoms with Crippen molar-refractivity contribution in [2.45, 2.75) is 397 Å². The first-order valence-electron chi connectivity index (χ1n) is 35.0. The van der Waals surface area contributed by atoms with Crippen molar-refractivity contribution in [2.24, 2.45) is 0 Å². The highest BCUT2D eigenvalue weighted by atomic mass is 16.7. The molecule has 1 fully saturated rings. The van der Waals surface area contributed by atoms with Gasteiger partial charge in [0.25, 0.3) is 0 Å². The van der Waals surface area contributed by atoms with E-state index in [1.165, 1.54) is 276 Å². The number of esters is 1. The summed E-state index contributed by atoms with van der Waals surface area (Å²) in [6.45, 7) is 4.36. The predicted octanol–water partition coefficient (Wildman–Crippen LogP) is 17.5. The van der Waals surface area contributed by atoms with Crippen LogP contribution in [0.25, 0.3) is 0 Å². The Bertz CT molecular complexity index is 1330. The van der Waals surface area contributed by atoms with E-state index in [4.69, 9.17) is 14.2 Å². The van der Waals surface area contributed by atoms with E-state index in [1.807, 2.05) is 6.08 Å². The lowest BCUT2D eigenvalue weighted by Crippen LogP contribution is -2.60. The van der Waals surface area contributed by atoms with Crippen LogP contribution < -0.4 is 5.32 Å². The van der Waals surface area contributed by atoms with Gasteiger partial charge in [-0.15, -0.1) is 0 Å². The molecular formula is C69H133NO10. The van der Waals surface area contributed by atoms with Crippen LogP contribution in [0.1, 0.15) is 354 Å². The number of aliphatic hydroxyl groups is 5. The largest absolute Gasteiger partial charge is 0.466 e. The Morgan fingerprint density at radius 3 is 1.16 bits per heavy atom. The van der Waals surface area contributed by atoms with E-state index in [9.17, 15) is 35.1 Å². The van der Waals surface area contributed by atoms with Crippen molar-refractivity contribution in [3.8, 4) is 0 Å². The van der Waals surface area contributed by atoms with E-state index in [0.717, 1.165) is 51.4 Å². The minimum atomic E-state index is -1.57. The third kappa shape index (κ3) is 47.7. The van der Waals surface area contributed by atoms with E-state index in [1.54, 1.807) is 6.08 Å². The maximum absolute atomic E-state index is 13.0. The average Bonchev–Trinajstić information content (AvgIpc) is 3.46. The number of hydrogen-bond acceptors (Lipinski definition) is 10. The Morgan fingerprint density at radius 1 is 0.450 bits per heavy atom. The van der Waals surface area contributed by atoms with Gasteiger partial charge in [0.15, 0.2) is 6.29 Å². The van der Waals surface area contributed by atoms with Crippen LogP contribution in [0, 0.1) is 0 Å². The summed E-state index contributed by atoms with van der Waals surface area (Å²) >= 11 is 0. The lowest BCUT2D eigenvalue weighted by atomic mass is 9.99. The van der Waals surface area contributed by atoms with E-state index in [2.05, 4.69) is 19.2 Å². The first-order valence-corrected chi connectivity index (χ1v) is 35.0. The lowest BCUT2D eigenvalue weighted by molar-refractivity contribution is -0.302. The second-order valence-electron chi connectivity index (χ2n) is 24.6. The SMILES string of the molecule is CCCCCCCCC/C=C/C(O)C(COC1OC(CO)C(O)C(O)C1O)NC(=O)CCCCCCCCCCCCCCCCCCCCCCCCCCCCCOC(=O)CCCCCCCCCCCCCCCCCC. The Hall–Kier alpha value is -1.60. The number of carbonyl (C=O) groups excluding carboxylic acids is 2. The van der Waals surface area contributed by atoms with Crippen LogP contribution in [-0.2, 0) is 23.8 Å². The summed E-state index contributed by atoms with van der Waals surface area (Å²) in [6, 6.07) is -0.805. The summed E-state index contributed by atoms with van der Waals surface area (Å²) in [4.78, 5) is 25.1. The highest BCUT2D eigenvalue weighted by Gasteiger charge is 2.44. The van der Waals surface area contributed by atoms with Crippen LogP contribution in [0.4, 0.5) is 0 Å². The molecule has 7 atom stereocenters. The second kappa shape index (κ2) is 59.1. The van der Waals surface area contributed by atoms with E-state index in [0.29, 0.717) is 19.4 Å². The highest BCUT2D eigenvalue weighted by Crippen LogP contribution is 2.23. The molecule has 0 spiro atoms. The van der Waals surface area contributed by atoms with Crippen LogP contribution in [-0.4, -0.2) is 100 Å². The van der Waals surface area contributed by atoms with Gasteiger partial charge in [-0.3, -0.25) is 9.59 Å². The Balaban J connectivity index is 1.90. The maximum Gasteiger partial charge on any atom is 0.305 e. The number of carbonyl (C=O) groups is 2. The maximum atomic E-state index is 13.0. The van der Waals surface area contributed by atoms with Crippen LogP contribution in [0.3, 0.4) is 0 Å². The lowest BCUT2D eigenvalue weighted by Gasteiger charge is -2.40. The predicted molar refractivity (Wildman–Crippen MR) is 334 cm³/mol. The van der Waals surface area contributed by atoms with Crippen molar-refractivity contribution in [1.29, 1.82) is 0 Å². The summed E-state index contributed by atoms with van der Waals surface area (Å²) in [5, 5.41) is 54.3. The smallest absolute Gasteiger partial charge is 0.305 e. The van der Waals surface area contributed by atoms with Gasteiger partial charge in [0.1, 0.15) is 24.4 Å². The first kappa shape index (κ1) is 76.4. The van der Waals surface area contributed by atoms with Gasteiger partial charge in [-0.05, 0) is 32.1 Å². The second-order valence-corrected chi connectivity index (χ2v) is 24.6. The Kier molecular flexibility index (Phi) is 56.5. The molecule has 0 aromatic rings. The van der Waals surface area contributed by atoms with E-state index >= 15 is 0 Å². The minimum absolute atomic E-state index is 0.0127. The molecule has 7 unspecified atom stereocenters. The van der Waals surface area contributed by atoms with Crippen LogP contribution >= 0.6 is 0 Å². The first-order chi connectivity index (χ1) is 39.2. The number of hydrogen-bond donors (Lipinski definition) is 6. The molecular weight excluding hydrogens is 1000 g/mol. The molecule has 1 saturated heterocycles. The number of aliphatic hydroxyl groups excluding tert-OH is 5. The number of unbranched alkanes of at least 4 members (excludes halogenated alkanes) is 48. The van der Waals surface area contributed by atoms with Gasteiger partial charge in [-0.2, -0.15) is 0 Å². The van der Waals surface area contributed by atoms with Crippen LogP contribution in [0.2, 0.25) is 0 Å². The van der Waals surface area contributed by atoms with Crippen LogP contribution in [0.5, 0.6) is 0 Å². The van der Waals surface area contributed by atoms with Crippen LogP contribution in [0.15, 0.2) is 12.2 Å². The number of allylic oxidation sites excluding steroid dienone is 1. The molecule has 1 amide bonds.